The first-order valence-corrected chi connectivity index (χ1v) is 11.0. The summed E-state index contributed by atoms with van der Waals surface area (Å²) >= 11 is 0. The Balaban J connectivity index is 1.58. The Bertz CT molecular complexity index is 1140. The van der Waals surface area contributed by atoms with Crippen LogP contribution in [0.3, 0.4) is 0 Å². The van der Waals surface area contributed by atoms with Crippen molar-refractivity contribution < 1.29 is 19.4 Å². The van der Waals surface area contributed by atoms with Gasteiger partial charge in [0.1, 0.15) is 5.60 Å². The van der Waals surface area contributed by atoms with Crippen molar-refractivity contribution in [2.45, 2.75) is 56.9 Å². The van der Waals surface area contributed by atoms with Gasteiger partial charge in [0.25, 0.3) is 0 Å². The van der Waals surface area contributed by atoms with Gasteiger partial charge in [0.05, 0.1) is 30.9 Å². The molecule has 0 spiro atoms. The lowest BCUT2D eigenvalue weighted by atomic mass is 9.75. The van der Waals surface area contributed by atoms with Gasteiger partial charge in [0, 0.05) is 12.8 Å². The highest BCUT2D eigenvalue weighted by Gasteiger charge is 2.50. The molecule has 1 amide bonds. The van der Waals surface area contributed by atoms with Gasteiger partial charge >= 0.3 is 6.09 Å². The molecule has 2 saturated heterocycles. The van der Waals surface area contributed by atoms with E-state index in [1.54, 1.807) is 4.90 Å². The molecule has 2 aliphatic heterocycles. The summed E-state index contributed by atoms with van der Waals surface area (Å²) in [6.45, 7) is 6.43. The maximum atomic E-state index is 12.9. The summed E-state index contributed by atoms with van der Waals surface area (Å²) in [7, 11) is 0. The highest BCUT2D eigenvalue weighted by atomic mass is 16.6. The Kier molecular flexibility index (Phi) is 4.72. The molecule has 2 unspecified atom stereocenters. The van der Waals surface area contributed by atoms with E-state index >= 15 is 0 Å². The summed E-state index contributed by atoms with van der Waals surface area (Å²) in [4.78, 5) is 14.7. The number of hydrogen-bond acceptors (Lipinski definition) is 4. The molecule has 1 N–H and O–H groups in total. The summed E-state index contributed by atoms with van der Waals surface area (Å²) in [5.74, 6) is 0. The number of amides is 1. The minimum atomic E-state index is -1.04. The van der Waals surface area contributed by atoms with Crippen LogP contribution in [-0.2, 0) is 15.1 Å². The lowest BCUT2D eigenvalue weighted by Crippen LogP contribution is -2.63. The maximum absolute atomic E-state index is 12.9. The minimum Gasteiger partial charge on any atom is -0.444 e. The highest BCUT2D eigenvalue weighted by Crippen LogP contribution is 2.45. The predicted octanol–water partition coefficient (Wildman–Crippen LogP) is 4.98. The number of nitrogens with zero attached hydrogens (tertiary/aromatic N) is 1. The van der Waals surface area contributed by atoms with Crippen LogP contribution in [0, 0.1) is 0 Å². The van der Waals surface area contributed by atoms with E-state index in [2.05, 4.69) is 30.3 Å². The van der Waals surface area contributed by atoms with E-state index in [-0.39, 0.29) is 18.2 Å². The number of carbonyl (C=O) groups excluding carboxylic acids is 1. The number of fused-ring (bicyclic) bond motifs is 5. The number of piperidine rings is 1. The summed E-state index contributed by atoms with van der Waals surface area (Å²) in [5, 5.41) is 16.5. The van der Waals surface area contributed by atoms with E-state index in [1.165, 1.54) is 5.39 Å². The molecule has 2 heterocycles. The first kappa shape index (κ1) is 20.3. The molecular formula is C26H29NO4. The van der Waals surface area contributed by atoms with Crippen molar-refractivity contribution in [2.24, 2.45) is 0 Å². The normalized spacial score (nSPS) is 26.3. The first-order chi connectivity index (χ1) is 14.8. The molecule has 162 valence electrons. The molecule has 2 aliphatic rings. The molecule has 3 aromatic carbocycles. The Morgan fingerprint density at radius 1 is 1.00 bits per heavy atom. The van der Waals surface area contributed by atoms with Gasteiger partial charge in [0.15, 0.2) is 0 Å². The van der Waals surface area contributed by atoms with Gasteiger partial charge in [-0.05, 0) is 53.9 Å². The molecule has 0 radical (unpaired) electrons. The average Bonchev–Trinajstić information content (AvgIpc) is 2.71. The monoisotopic (exact) mass is 419 g/mol. The van der Waals surface area contributed by atoms with Crippen LogP contribution in [0.25, 0.3) is 21.5 Å². The zero-order valence-electron chi connectivity index (χ0n) is 18.3. The lowest BCUT2D eigenvalue weighted by Gasteiger charge is -2.51. The first-order valence-electron chi connectivity index (χ1n) is 11.0. The van der Waals surface area contributed by atoms with Crippen LogP contribution >= 0.6 is 0 Å². The number of carbonyl (C=O) groups is 1. The lowest BCUT2D eigenvalue weighted by molar-refractivity contribution is -0.140. The van der Waals surface area contributed by atoms with Gasteiger partial charge < -0.3 is 14.6 Å². The van der Waals surface area contributed by atoms with Gasteiger partial charge in [0.2, 0.25) is 0 Å². The van der Waals surface area contributed by atoms with Crippen molar-refractivity contribution in [2.75, 3.05) is 13.2 Å². The largest absolute Gasteiger partial charge is 0.444 e. The molecule has 3 aromatic rings. The van der Waals surface area contributed by atoms with Crippen molar-refractivity contribution >= 4 is 27.6 Å². The van der Waals surface area contributed by atoms with Crippen LogP contribution in [-0.4, -0.2) is 47.0 Å². The number of rotatable bonds is 1. The number of aliphatic hydroxyl groups is 1. The second kappa shape index (κ2) is 7.21. The molecule has 5 heteroatoms. The minimum absolute atomic E-state index is 0.224. The van der Waals surface area contributed by atoms with Gasteiger partial charge in [-0.15, -0.1) is 0 Å². The fourth-order valence-corrected chi connectivity index (χ4v) is 5.25. The molecule has 2 atom stereocenters. The van der Waals surface area contributed by atoms with Crippen molar-refractivity contribution in [3.05, 3.63) is 60.2 Å². The van der Waals surface area contributed by atoms with Crippen LogP contribution in [0.1, 0.15) is 39.2 Å². The van der Waals surface area contributed by atoms with Gasteiger partial charge in [-0.2, -0.15) is 0 Å². The standard InChI is InChI=1S/C26H29NO4/c1-25(2,3)31-24(28)27-18-13-26(29,14-19(27)16-30-15-18)23-12-17-8-4-5-9-20(17)21-10-6-7-11-22(21)23/h4-12,18-19,29H,13-16H2,1-3H3. The summed E-state index contributed by atoms with van der Waals surface area (Å²) in [6, 6.07) is 18.2. The molecule has 5 nitrogen and oxygen atoms in total. The Labute approximate surface area is 182 Å². The summed E-state index contributed by atoms with van der Waals surface area (Å²) in [6.07, 6.45) is 0.520. The van der Waals surface area contributed by atoms with Crippen LogP contribution in [0.4, 0.5) is 4.79 Å². The second-order valence-corrected chi connectivity index (χ2v) is 9.86. The Morgan fingerprint density at radius 3 is 2.23 bits per heavy atom. The van der Waals surface area contributed by atoms with E-state index in [1.807, 2.05) is 45.0 Å². The zero-order chi connectivity index (χ0) is 21.8. The van der Waals surface area contributed by atoms with Crippen molar-refractivity contribution in [1.82, 2.24) is 4.90 Å². The SMILES string of the molecule is CC(C)(C)OC(=O)N1C2COCC1CC(O)(c1cc3ccccc3c3ccccc13)C2. The number of morpholine rings is 1. The Morgan fingerprint density at radius 2 is 1.58 bits per heavy atom. The fraction of sp³-hybridized carbons (Fsp3) is 0.423. The molecule has 0 aliphatic carbocycles. The maximum Gasteiger partial charge on any atom is 0.410 e. The van der Waals surface area contributed by atoms with Crippen molar-refractivity contribution in [3.63, 3.8) is 0 Å². The Hall–Kier alpha value is -2.63. The fourth-order valence-electron chi connectivity index (χ4n) is 5.25. The topological polar surface area (TPSA) is 59.0 Å². The van der Waals surface area contributed by atoms with Crippen LogP contribution in [0.2, 0.25) is 0 Å². The molecule has 0 aromatic heterocycles. The number of benzene rings is 3. The third kappa shape index (κ3) is 3.56. The van der Waals surface area contributed by atoms with Gasteiger partial charge in [-0.3, -0.25) is 4.90 Å². The number of ether oxygens (including phenoxy) is 2. The molecule has 31 heavy (non-hydrogen) atoms. The second-order valence-electron chi connectivity index (χ2n) is 9.86. The average molecular weight is 420 g/mol. The van der Waals surface area contributed by atoms with E-state index in [4.69, 9.17) is 9.47 Å². The molecule has 5 rings (SSSR count). The molecule has 2 fully saturated rings. The third-order valence-corrected chi connectivity index (χ3v) is 6.43. The predicted molar refractivity (Wildman–Crippen MR) is 121 cm³/mol. The smallest absolute Gasteiger partial charge is 0.410 e. The van der Waals surface area contributed by atoms with Crippen molar-refractivity contribution in [1.29, 1.82) is 0 Å². The highest BCUT2D eigenvalue weighted by molar-refractivity contribution is 6.09. The van der Waals surface area contributed by atoms with E-state index in [0.29, 0.717) is 26.1 Å². The van der Waals surface area contributed by atoms with E-state index < -0.39 is 11.2 Å². The summed E-state index contributed by atoms with van der Waals surface area (Å²) in [5.41, 5.74) is -0.668. The number of hydrogen-bond donors (Lipinski definition) is 1. The van der Waals surface area contributed by atoms with Gasteiger partial charge in [-0.25, -0.2) is 4.79 Å². The molecule has 0 saturated carbocycles. The van der Waals surface area contributed by atoms with E-state index in [9.17, 15) is 9.90 Å². The van der Waals surface area contributed by atoms with Gasteiger partial charge in [-0.1, -0.05) is 48.5 Å². The quantitative estimate of drug-likeness (QED) is 0.565. The van der Waals surface area contributed by atoms with Crippen LogP contribution < -0.4 is 0 Å². The van der Waals surface area contributed by atoms with Crippen LogP contribution in [0.15, 0.2) is 54.6 Å². The molecule has 2 bridgehead atoms. The van der Waals surface area contributed by atoms with E-state index in [0.717, 1.165) is 21.7 Å². The third-order valence-electron chi connectivity index (χ3n) is 6.43. The van der Waals surface area contributed by atoms with Crippen molar-refractivity contribution in [3.8, 4) is 0 Å². The zero-order valence-corrected chi connectivity index (χ0v) is 18.3. The molecular weight excluding hydrogens is 390 g/mol. The van der Waals surface area contributed by atoms with Crippen LogP contribution in [0.5, 0.6) is 0 Å². The summed E-state index contributed by atoms with van der Waals surface area (Å²) < 4.78 is 11.4.